The number of nitrogens with zero attached hydrogens (tertiary/aromatic N) is 7. The second-order valence-corrected chi connectivity index (χ2v) is 18.7. The average molecular weight is 1110 g/mol. The van der Waals surface area contributed by atoms with Gasteiger partial charge >= 0.3 is 5.97 Å². The summed E-state index contributed by atoms with van der Waals surface area (Å²) in [5.41, 5.74) is 7.03. The topological polar surface area (TPSA) is 381 Å². The molecule has 25 nitrogen and oxygen atoms in total. The summed E-state index contributed by atoms with van der Waals surface area (Å²) in [6, 6.07) is 11.2. The first-order chi connectivity index (χ1) is 38.0. The first-order valence-electron chi connectivity index (χ1n) is 24.8. The lowest BCUT2D eigenvalue weighted by Crippen LogP contribution is -2.43. The van der Waals surface area contributed by atoms with Crippen LogP contribution in [0.4, 0.5) is 28.9 Å². The molecule has 29 heteroatoms. The van der Waals surface area contributed by atoms with Gasteiger partial charge in [-0.15, -0.1) is 0 Å². The van der Waals surface area contributed by atoms with E-state index in [9.17, 15) is 76.3 Å². The fourth-order valence-corrected chi connectivity index (χ4v) is 8.70. The maximum Gasteiger partial charge on any atom is 0.326 e. The number of nitriles is 2. The Hall–Kier alpha value is -9.51. The summed E-state index contributed by atoms with van der Waals surface area (Å²) < 4.78 is 55.3. The highest BCUT2D eigenvalue weighted by atomic mass is 19.3. The molecule has 0 saturated carbocycles. The van der Waals surface area contributed by atoms with Crippen molar-refractivity contribution in [3.63, 3.8) is 0 Å². The average Bonchev–Trinajstić information content (AvgIpc) is 4.00. The molecule has 0 aliphatic carbocycles. The molecule has 0 spiro atoms. The number of carboxylic acids is 1. The number of carboxylic acid groups (broad SMARTS) is 1. The van der Waals surface area contributed by atoms with Gasteiger partial charge < -0.3 is 57.5 Å². The van der Waals surface area contributed by atoms with E-state index in [-0.39, 0.29) is 102 Å². The number of likely N-dealkylation sites (tertiary alicyclic amines) is 2. The zero-order valence-corrected chi connectivity index (χ0v) is 42.6. The summed E-state index contributed by atoms with van der Waals surface area (Å²) in [6.07, 6.45) is 1.67. The number of pyridine rings is 2. The number of nitrogens with two attached hydrogens (primary N) is 2. The molecule has 80 heavy (non-hydrogen) atoms. The lowest BCUT2D eigenvalue weighted by molar-refractivity contribution is -0.142. The van der Waals surface area contributed by atoms with Crippen LogP contribution in [-0.2, 0) is 33.6 Å². The Morgan fingerprint density at radius 3 is 1.61 bits per heavy atom. The first kappa shape index (κ1) is 59.7. The molecule has 11 N–H and O–H groups in total. The van der Waals surface area contributed by atoms with E-state index in [0.29, 0.717) is 11.3 Å². The summed E-state index contributed by atoms with van der Waals surface area (Å²) in [4.78, 5) is 124. The number of hydrogen-bond donors (Lipinski definition) is 9. The minimum atomic E-state index is -3.23. The van der Waals surface area contributed by atoms with Crippen molar-refractivity contribution >= 4 is 86.4 Å². The second kappa shape index (κ2) is 26.7. The van der Waals surface area contributed by atoms with Crippen LogP contribution in [0.15, 0.2) is 72.8 Å². The molecule has 2 aliphatic heterocycles. The Bertz CT molecular complexity index is 3190. The molecule has 0 radical (unpaired) electrons. The van der Waals surface area contributed by atoms with E-state index in [2.05, 4.69) is 41.9 Å². The number of halogens is 4. The minimum Gasteiger partial charge on any atom is -0.480 e. The third kappa shape index (κ3) is 16.3. The van der Waals surface area contributed by atoms with Crippen molar-refractivity contribution < 1.29 is 65.8 Å². The van der Waals surface area contributed by atoms with E-state index in [4.69, 9.17) is 11.6 Å². The van der Waals surface area contributed by atoms with Gasteiger partial charge in [0.15, 0.2) is 0 Å². The fourth-order valence-electron chi connectivity index (χ4n) is 8.70. The van der Waals surface area contributed by atoms with E-state index < -0.39 is 122 Å². The first-order valence-corrected chi connectivity index (χ1v) is 24.8. The molecule has 4 aromatic rings. The zero-order valence-electron chi connectivity index (χ0n) is 42.6. The third-order valence-electron chi connectivity index (χ3n) is 12.6. The second-order valence-electron chi connectivity index (χ2n) is 18.7. The predicted molar refractivity (Wildman–Crippen MR) is 275 cm³/mol. The highest BCUT2D eigenvalue weighted by Crippen LogP contribution is 2.33. The third-order valence-corrected chi connectivity index (χ3v) is 12.6. The number of para-hydroxylation sites is 2. The van der Waals surface area contributed by atoms with Crippen molar-refractivity contribution in [3.8, 4) is 12.1 Å². The normalized spacial score (nSPS) is 16.6. The van der Waals surface area contributed by atoms with Gasteiger partial charge in [-0.3, -0.25) is 48.3 Å². The highest BCUT2D eigenvalue weighted by Gasteiger charge is 2.48. The van der Waals surface area contributed by atoms with E-state index in [0.717, 1.165) is 4.90 Å². The molecule has 2 aromatic carbocycles. The molecule has 2 aliphatic rings. The van der Waals surface area contributed by atoms with Crippen molar-refractivity contribution in [1.82, 2.24) is 46.0 Å². The largest absolute Gasteiger partial charge is 0.480 e. The molecule has 4 heterocycles. The van der Waals surface area contributed by atoms with Gasteiger partial charge in [-0.05, 0) is 43.5 Å². The van der Waals surface area contributed by atoms with Crippen LogP contribution in [0.5, 0.6) is 0 Å². The summed E-state index contributed by atoms with van der Waals surface area (Å²) in [5, 5.41) is 44.9. The molecule has 2 aromatic heterocycles. The minimum absolute atomic E-state index is 0.00265. The zero-order chi connectivity index (χ0) is 58.3. The smallest absolute Gasteiger partial charge is 0.326 e. The number of fused-ring (bicyclic) bond motifs is 2. The Labute approximate surface area is 453 Å². The number of aromatic nitrogens is 2. The molecule has 0 bridgehead atoms. The lowest BCUT2D eigenvalue weighted by atomic mass is 10.1. The molecule has 2 saturated heterocycles. The lowest BCUT2D eigenvalue weighted by Gasteiger charge is -2.19. The van der Waals surface area contributed by atoms with E-state index in [1.165, 1.54) is 66.1 Å². The van der Waals surface area contributed by atoms with Gasteiger partial charge in [-0.1, -0.05) is 24.3 Å². The standard InChI is InChI=1S/C51H55F4N15O10/c52-50(53)19-30(21-56)69(27-50)43(75)24-63-47(77)34-14-16-60-45-32(34)5-3-8-36(45)65-40(72)11-10-39(71)62-23-29(58)26-68(59)18-2-1-7-38(49(79)80)67-42(74)13-12-41(73)66-37-9-4-6-33-35(15-17-61-46(33)37)48(78)64-25-44(76)70-28-51(54,55)20-31(70)22-57/h3-6,8-9,14-17,26,30-31,38H,1-2,7,10-13,18-20,23-25,27-28,58-59H2,(H,62,71)(H,63,77)(H,64,78)(H,65,72)(H,66,73)(H,67,74)(H,79,80)/b29-26-/t30-,31-,38-/m0/s1. The summed E-state index contributed by atoms with van der Waals surface area (Å²) >= 11 is 0. The predicted octanol–water partition coefficient (Wildman–Crippen LogP) is 1.73. The SMILES string of the molecule is N#C[C@@H]1CC(F)(F)CN1C(=O)CNC(=O)c1ccnc2c(NC(=O)CCC(=O)NC/C(N)=C/N(N)CCCC[C@H](NC(=O)CCC(=O)Nc3cccc4c(C(=O)NCC(=O)N5CC(F)(F)C[C@H]5C#N)ccnc34)C(=O)O)cccc12. The van der Waals surface area contributed by atoms with Crippen LogP contribution in [0, 0.1) is 22.7 Å². The summed E-state index contributed by atoms with van der Waals surface area (Å²) in [5.74, 6) is -7.42. The van der Waals surface area contributed by atoms with Gasteiger partial charge in [0.05, 0.1) is 78.4 Å². The summed E-state index contributed by atoms with van der Waals surface area (Å²) in [6.45, 7) is -3.14. The number of benzene rings is 2. The number of amides is 8. The van der Waals surface area contributed by atoms with Crippen LogP contribution in [0.2, 0.25) is 0 Å². The molecule has 2 fully saturated rings. The van der Waals surface area contributed by atoms with E-state index in [1.807, 2.05) is 0 Å². The number of carbonyl (C=O) groups excluding carboxylic acids is 8. The van der Waals surface area contributed by atoms with Crippen molar-refractivity contribution in [2.24, 2.45) is 11.6 Å². The van der Waals surface area contributed by atoms with Crippen LogP contribution in [0.1, 0.15) is 78.5 Å². The van der Waals surface area contributed by atoms with Gasteiger partial charge in [0.1, 0.15) is 18.1 Å². The van der Waals surface area contributed by atoms with Crippen molar-refractivity contribution in [1.29, 1.82) is 10.5 Å². The van der Waals surface area contributed by atoms with Gasteiger partial charge in [-0.2, -0.15) is 10.5 Å². The number of alkyl halides is 4. The molecule has 6 rings (SSSR count). The van der Waals surface area contributed by atoms with Crippen LogP contribution >= 0.6 is 0 Å². The number of anilines is 2. The maximum absolute atomic E-state index is 13.8. The Morgan fingerprint density at radius 1 is 0.688 bits per heavy atom. The molecule has 8 amide bonds. The molecule has 3 atom stereocenters. The van der Waals surface area contributed by atoms with Crippen LogP contribution < -0.4 is 43.5 Å². The Kier molecular flexibility index (Phi) is 19.9. The van der Waals surface area contributed by atoms with E-state index in [1.54, 1.807) is 18.2 Å². The van der Waals surface area contributed by atoms with Crippen LogP contribution in [0.25, 0.3) is 21.8 Å². The number of aliphatic carboxylic acids is 1. The Morgan fingerprint density at radius 2 is 1.15 bits per heavy atom. The van der Waals surface area contributed by atoms with Crippen molar-refractivity contribution in [3.05, 3.63) is 83.9 Å². The Balaban J connectivity index is 0.869. The molecule has 422 valence electrons. The number of unbranched alkanes of at least 4 members (excludes halogenated alkanes) is 1. The van der Waals surface area contributed by atoms with Gasteiger partial charge in [0.2, 0.25) is 35.4 Å². The highest BCUT2D eigenvalue weighted by molar-refractivity contribution is 6.12. The van der Waals surface area contributed by atoms with Crippen molar-refractivity contribution in [2.75, 3.05) is 49.9 Å². The quantitative estimate of drug-likeness (QED) is 0.0209. The molecule has 0 unspecified atom stereocenters. The monoisotopic (exact) mass is 1110 g/mol. The van der Waals surface area contributed by atoms with Crippen molar-refractivity contribution in [2.45, 2.75) is 87.8 Å². The van der Waals surface area contributed by atoms with Gasteiger partial charge in [0, 0.05) is 80.1 Å². The number of hydrogen-bond acceptors (Lipinski definition) is 16. The van der Waals surface area contributed by atoms with Gasteiger partial charge in [-0.25, -0.2) is 28.2 Å². The number of nitrogens with one attached hydrogen (secondary N) is 6. The molecular weight excluding hydrogens is 1060 g/mol. The van der Waals surface area contributed by atoms with Gasteiger partial charge in [0.25, 0.3) is 23.7 Å². The molecular formula is C51H55F4N15O10. The van der Waals surface area contributed by atoms with E-state index >= 15 is 0 Å². The van der Waals surface area contributed by atoms with Crippen LogP contribution in [-0.4, -0.2) is 152 Å². The number of hydrazine groups is 1. The van der Waals surface area contributed by atoms with Crippen LogP contribution in [0.3, 0.4) is 0 Å². The maximum atomic E-state index is 13.8. The summed E-state index contributed by atoms with van der Waals surface area (Å²) in [7, 11) is 0. The number of carbonyl (C=O) groups is 9. The fraction of sp³-hybridized carbons (Fsp3) is 0.392. The number of rotatable bonds is 24.